The van der Waals surface area contributed by atoms with Crippen LogP contribution in [0.5, 0.6) is 0 Å². The van der Waals surface area contributed by atoms with E-state index in [0.717, 1.165) is 50.3 Å². The van der Waals surface area contributed by atoms with Crippen molar-refractivity contribution in [1.29, 1.82) is 0 Å². The van der Waals surface area contributed by atoms with Gasteiger partial charge in [-0.3, -0.25) is 0 Å². The van der Waals surface area contributed by atoms with Gasteiger partial charge in [0.15, 0.2) is 0 Å². The Balaban J connectivity index is 1.61. The van der Waals surface area contributed by atoms with Crippen molar-refractivity contribution >= 4 is 5.97 Å². The highest BCUT2D eigenvalue weighted by molar-refractivity contribution is 5.89. The third-order valence-electron chi connectivity index (χ3n) is 4.71. The maximum Gasteiger partial charge on any atom is 0.335 e. The lowest BCUT2D eigenvalue weighted by Gasteiger charge is -2.32. The first kappa shape index (κ1) is 16.7. The fourth-order valence-electron chi connectivity index (χ4n) is 3.05. The predicted octanol–water partition coefficient (Wildman–Crippen LogP) is 2.84. The van der Waals surface area contributed by atoms with Crippen LogP contribution in [0.1, 0.15) is 15.9 Å². The summed E-state index contributed by atoms with van der Waals surface area (Å²) in [6, 6.07) is 15.6. The fourth-order valence-corrected chi connectivity index (χ4v) is 3.05. The van der Waals surface area contributed by atoms with Gasteiger partial charge in [-0.2, -0.15) is 0 Å². The number of likely N-dealkylation sites (N-methyl/N-ethyl adjacent to an activating group) is 1. The van der Waals surface area contributed by atoms with Crippen LogP contribution in [0.4, 0.5) is 0 Å². The highest BCUT2D eigenvalue weighted by atomic mass is 16.4. The number of aromatic carboxylic acids is 1. The first-order valence-corrected chi connectivity index (χ1v) is 8.45. The third-order valence-corrected chi connectivity index (χ3v) is 4.71. The summed E-state index contributed by atoms with van der Waals surface area (Å²) in [5, 5.41) is 9.10. The second-order valence-corrected chi connectivity index (χ2v) is 6.48. The lowest BCUT2D eigenvalue weighted by Crippen LogP contribution is -2.45. The molecule has 0 spiro atoms. The SMILES string of the molecule is CN1CCN(CCc2ccc(-c3cccc(C(=O)O)c3)cc2)CC1. The molecule has 4 nitrogen and oxygen atoms in total. The molecule has 3 rings (SSSR count). The minimum atomic E-state index is -0.888. The van der Waals surface area contributed by atoms with Crippen LogP contribution < -0.4 is 0 Å². The van der Waals surface area contributed by atoms with Gasteiger partial charge in [-0.1, -0.05) is 36.4 Å². The van der Waals surface area contributed by atoms with Crippen LogP contribution in [-0.2, 0) is 6.42 Å². The average molecular weight is 324 g/mol. The van der Waals surface area contributed by atoms with Gasteiger partial charge >= 0.3 is 5.97 Å². The second kappa shape index (κ2) is 7.60. The summed E-state index contributed by atoms with van der Waals surface area (Å²) in [4.78, 5) is 16.0. The smallest absolute Gasteiger partial charge is 0.335 e. The van der Waals surface area contributed by atoms with E-state index in [0.29, 0.717) is 5.56 Å². The summed E-state index contributed by atoms with van der Waals surface area (Å²) >= 11 is 0. The largest absolute Gasteiger partial charge is 0.478 e. The molecule has 24 heavy (non-hydrogen) atoms. The maximum absolute atomic E-state index is 11.1. The summed E-state index contributed by atoms with van der Waals surface area (Å²) in [6.45, 7) is 5.70. The zero-order chi connectivity index (χ0) is 16.9. The molecule has 4 heteroatoms. The van der Waals surface area contributed by atoms with Crippen molar-refractivity contribution in [2.45, 2.75) is 6.42 Å². The molecule has 2 aromatic rings. The summed E-state index contributed by atoms with van der Waals surface area (Å²) < 4.78 is 0. The summed E-state index contributed by atoms with van der Waals surface area (Å²) in [7, 11) is 2.18. The van der Waals surface area contributed by atoms with Gasteiger partial charge in [-0.05, 0) is 42.3 Å². The number of carboxylic acids is 1. The van der Waals surface area contributed by atoms with Gasteiger partial charge in [-0.15, -0.1) is 0 Å². The molecular formula is C20H24N2O2. The molecule has 0 atom stereocenters. The van der Waals surface area contributed by atoms with E-state index in [1.165, 1.54) is 5.56 Å². The molecule has 1 aliphatic rings. The van der Waals surface area contributed by atoms with Crippen molar-refractivity contribution in [2.24, 2.45) is 0 Å². The molecule has 0 unspecified atom stereocenters. The Hall–Kier alpha value is -2.17. The molecule has 0 aliphatic carbocycles. The Labute approximate surface area is 143 Å². The Morgan fingerprint density at radius 3 is 2.38 bits per heavy atom. The van der Waals surface area contributed by atoms with Crippen LogP contribution in [0.2, 0.25) is 0 Å². The lowest BCUT2D eigenvalue weighted by molar-refractivity contribution is 0.0697. The maximum atomic E-state index is 11.1. The van der Waals surface area contributed by atoms with Crippen molar-refractivity contribution in [1.82, 2.24) is 9.80 Å². The van der Waals surface area contributed by atoms with E-state index in [2.05, 4.69) is 41.1 Å². The highest BCUT2D eigenvalue weighted by Gasteiger charge is 2.13. The Morgan fingerprint density at radius 1 is 1.00 bits per heavy atom. The topological polar surface area (TPSA) is 43.8 Å². The molecular weight excluding hydrogens is 300 g/mol. The number of hydrogen-bond donors (Lipinski definition) is 1. The first-order valence-electron chi connectivity index (χ1n) is 8.45. The van der Waals surface area contributed by atoms with Gasteiger partial charge in [0.05, 0.1) is 5.56 Å². The Morgan fingerprint density at radius 2 is 1.71 bits per heavy atom. The number of nitrogens with zero attached hydrogens (tertiary/aromatic N) is 2. The summed E-state index contributed by atoms with van der Waals surface area (Å²) in [5.41, 5.74) is 3.65. The predicted molar refractivity (Wildman–Crippen MR) is 96.5 cm³/mol. The normalized spacial score (nSPS) is 16.2. The van der Waals surface area contributed by atoms with Crippen LogP contribution in [0.25, 0.3) is 11.1 Å². The molecule has 1 aliphatic heterocycles. The van der Waals surface area contributed by atoms with Crippen molar-refractivity contribution < 1.29 is 9.90 Å². The van der Waals surface area contributed by atoms with Crippen LogP contribution in [0.3, 0.4) is 0 Å². The van der Waals surface area contributed by atoms with Crippen molar-refractivity contribution in [3.8, 4) is 11.1 Å². The minimum Gasteiger partial charge on any atom is -0.478 e. The molecule has 1 N–H and O–H groups in total. The van der Waals surface area contributed by atoms with E-state index in [1.807, 2.05) is 6.07 Å². The minimum absolute atomic E-state index is 0.326. The molecule has 1 heterocycles. The number of piperazine rings is 1. The molecule has 0 radical (unpaired) electrons. The summed E-state index contributed by atoms with van der Waals surface area (Å²) in [6.07, 6.45) is 1.05. The summed E-state index contributed by atoms with van der Waals surface area (Å²) in [5.74, 6) is -0.888. The van der Waals surface area contributed by atoms with E-state index >= 15 is 0 Å². The standard InChI is InChI=1S/C20H24N2O2/c1-21-11-13-22(14-12-21)10-9-16-5-7-17(8-6-16)18-3-2-4-19(15-18)20(23)24/h2-8,15H,9-14H2,1H3,(H,23,24). The monoisotopic (exact) mass is 324 g/mol. The van der Waals surface area contributed by atoms with Crippen LogP contribution >= 0.6 is 0 Å². The molecule has 1 fully saturated rings. The number of carboxylic acid groups (broad SMARTS) is 1. The Bertz CT molecular complexity index is 689. The number of hydrogen-bond acceptors (Lipinski definition) is 3. The molecule has 126 valence electrons. The highest BCUT2D eigenvalue weighted by Crippen LogP contribution is 2.21. The zero-order valence-electron chi connectivity index (χ0n) is 14.1. The molecule has 0 aromatic heterocycles. The van der Waals surface area contributed by atoms with Crippen molar-refractivity contribution in [3.63, 3.8) is 0 Å². The van der Waals surface area contributed by atoms with E-state index in [-0.39, 0.29) is 0 Å². The Kier molecular flexibility index (Phi) is 5.28. The van der Waals surface area contributed by atoms with Crippen LogP contribution in [0.15, 0.2) is 48.5 Å². The number of carbonyl (C=O) groups is 1. The lowest BCUT2D eigenvalue weighted by atomic mass is 10.0. The van der Waals surface area contributed by atoms with Gasteiger partial charge in [-0.25, -0.2) is 4.79 Å². The van der Waals surface area contributed by atoms with Gasteiger partial charge in [0.2, 0.25) is 0 Å². The van der Waals surface area contributed by atoms with Gasteiger partial charge in [0, 0.05) is 32.7 Å². The zero-order valence-corrected chi connectivity index (χ0v) is 14.1. The molecule has 1 saturated heterocycles. The van der Waals surface area contributed by atoms with Crippen LogP contribution in [0, 0.1) is 0 Å². The third kappa shape index (κ3) is 4.22. The second-order valence-electron chi connectivity index (χ2n) is 6.48. The van der Waals surface area contributed by atoms with E-state index in [1.54, 1.807) is 18.2 Å². The first-order chi connectivity index (χ1) is 11.6. The van der Waals surface area contributed by atoms with E-state index in [9.17, 15) is 4.79 Å². The van der Waals surface area contributed by atoms with Crippen molar-refractivity contribution in [3.05, 3.63) is 59.7 Å². The average Bonchev–Trinajstić information content (AvgIpc) is 2.62. The molecule has 0 saturated carbocycles. The van der Waals surface area contributed by atoms with Gasteiger partial charge in [0.1, 0.15) is 0 Å². The van der Waals surface area contributed by atoms with Crippen molar-refractivity contribution in [2.75, 3.05) is 39.8 Å². The number of benzene rings is 2. The molecule has 0 bridgehead atoms. The van der Waals surface area contributed by atoms with Crippen LogP contribution in [-0.4, -0.2) is 60.6 Å². The number of rotatable bonds is 5. The molecule has 2 aromatic carbocycles. The van der Waals surface area contributed by atoms with Gasteiger partial charge in [0.25, 0.3) is 0 Å². The van der Waals surface area contributed by atoms with E-state index in [4.69, 9.17) is 5.11 Å². The fraction of sp³-hybridized carbons (Fsp3) is 0.350. The molecule has 0 amide bonds. The quantitative estimate of drug-likeness (QED) is 0.918. The van der Waals surface area contributed by atoms with E-state index < -0.39 is 5.97 Å². The van der Waals surface area contributed by atoms with Gasteiger partial charge < -0.3 is 14.9 Å².